The number of hydrogen-bond acceptors (Lipinski definition) is 5. The predicted molar refractivity (Wildman–Crippen MR) is 74.4 cm³/mol. The number of aromatic amines is 1. The molecule has 1 heterocycles. The second kappa shape index (κ2) is 5.12. The van der Waals surface area contributed by atoms with Crippen molar-refractivity contribution in [2.45, 2.75) is 25.7 Å². The van der Waals surface area contributed by atoms with Gasteiger partial charge in [-0.2, -0.15) is 4.98 Å². The number of aromatic nitrogens is 3. The monoisotopic (exact) mass is 296 g/mol. The molecule has 0 saturated heterocycles. The number of nitrogens with zero attached hydrogens (tertiary/aromatic N) is 2. The molecule has 0 atom stereocenters. The zero-order chi connectivity index (χ0) is 14.9. The molecule has 0 aliphatic rings. The van der Waals surface area contributed by atoms with Crippen LogP contribution in [0.25, 0.3) is 0 Å². The van der Waals surface area contributed by atoms with Crippen molar-refractivity contribution in [1.29, 1.82) is 0 Å². The van der Waals surface area contributed by atoms with Crippen LogP contribution in [-0.2, 0) is 10.0 Å². The summed E-state index contributed by atoms with van der Waals surface area (Å²) in [6, 6.07) is 3.71. The molecule has 0 saturated carbocycles. The van der Waals surface area contributed by atoms with E-state index in [4.69, 9.17) is 4.74 Å². The van der Waals surface area contributed by atoms with E-state index in [0.717, 1.165) is 5.56 Å². The third kappa shape index (κ3) is 2.74. The van der Waals surface area contributed by atoms with Crippen LogP contribution < -0.4 is 9.46 Å². The summed E-state index contributed by atoms with van der Waals surface area (Å²) in [5, 5.41) is 6.14. The van der Waals surface area contributed by atoms with Crippen molar-refractivity contribution in [3.05, 3.63) is 28.8 Å². The first-order valence-electron chi connectivity index (χ1n) is 5.90. The van der Waals surface area contributed by atoms with E-state index in [-0.39, 0.29) is 16.9 Å². The van der Waals surface area contributed by atoms with Gasteiger partial charge in [0.05, 0.1) is 12.0 Å². The van der Waals surface area contributed by atoms with Gasteiger partial charge in [-0.25, -0.2) is 18.2 Å². The molecule has 20 heavy (non-hydrogen) atoms. The van der Waals surface area contributed by atoms with Crippen molar-refractivity contribution < 1.29 is 13.2 Å². The number of benzene rings is 1. The Kier molecular flexibility index (Phi) is 3.67. The third-order valence-electron chi connectivity index (χ3n) is 2.75. The molecule has 0 aliphatic carbocycles. The van der Waals surface area contributed by atoms with E-state index in [1.165, 1.54) is 7.11 Å². The Bertz CT molecular complexity index is 714. The largest absolute Gasteiger partial charge is 0.466 e. The summed E-state index contributed by atoms with van der Waals surface area (Å²) >= 11 is 0. The number of sulfonamides is 1. The van der Waals surface area contributed by atoms with Crippen molar-refractivity contribution in [2.75, 3.05) is 11.8 Å². The summed E-state index contributed by atoms with van der Waals surface area (Å²) in [5.74, 6) is 0.0150. The molecule has 0 bridgehead atoms. The Balaban J connectivity index is 2.40. The van der Waals surface area contributed by atoms with Crippen molar-refractivity contribution in [1.82, 2.24) is 15.2 Å². The predicted octanol–water partition coefficient (Wildman–Crippen LogP) is 1.54. The van der Waals surface area contributed by atoms with Gasteiger partial charge in [-0.05, 0) is 31.9 Å². The Morgan fingerprint density at radius 1 is 1.20 bits per heavy atom. The highest BCUT2D eigenvalue weighted by Gasteiger charge is 2.21. The molecule has 2 aromatic rings. The van der Waals surface area contributed by atoms with E-state index in [1.807, 2.05) is 19.1 Å². The molecule has 0 spiro atoms. The second-order valence-corrected chi connectivity index (χ2v) is 6.12. The second-order valence-electron chi connectivity index (χ2n) is 4.50. The number of rotatable bonds is 4. The molecule has 8 heteroatoms. The first kappa shape index (κ1) is 14.3. The van der Waals surface area contributed by atoms with Crippen LogP contribution in [-0.4, -0.2) is 30.7 Å². The summed E-state index contributed by atoms with van der Waals surface area (Å²) in [6.45, 7) is 5.44. The van der Waals surface area contributed by atoms with E-state index in [0.29, 0.717) is 11.1 Å². The van der Waals surface area contributed by atoms with Gasteiger partial charge in [-0.15, -0.1) is 5.10 Å². The average molecular weight is 296 g/mol. The highest BCUT2D eigenvalue weighted by molar-refractivity contribution is 7.92. The number of methoxy groups -OCH3 is 1. The van der Waals surface area contributed by atoms with Gasteiger partial charge in [0.2, 0.25) is 5.95 Å². The lowest BCUT2D eigenvalue weighted by Crippen LogP contribution is -2.16. The molecule has 1 aromatic heterocycles. The molecule has 2 N–H and O–H groups in total. The molecule has 7 nitrogen and oxygen atoms in total. The number of hydrogen-bond donors (Lipinski definition) is 2. The topological polar surface area (TPSA) is 97.0 Å². The zero-order valence-electron chi connectivity index (χ0n) is 11.7. The zero-order valence-corrected chi connectivity index (χ0v) is 12.5. The number of aryl methyl sites for hydroxylation is 3. The maximum absolute atomic E-state index is 12.4. The van der Waals surface area contributed by atoms with Gasteiger partial charge in [-0.3, -0.25) is 0 Å². The van der Waals surface area contributed by atoms with E-state index in [2.05, 4.69) is 19.9 Å². The smallest absolute Gasteiger partial charge is 0.336 e. The van der Waals surface area contributed by atoms with E-state index in [1.54, 1.807) is 13.8 Å². The molecule has 1 aromatic carbocycles. The summed E-state index contributed by atoms with van der Waals surface area (Å²) in [6.07, 6.45) is 0. The number of anilines is 1. The first-order valence-corrected chi connectivity index (χ1v) is 7.39. The fourth-order valence-electron chi connectivity index (χ4n) is 2.15. The van der Waals surface area contributed by atoms with Crippen molar-refractivity contribution in [3.8, 4) is 6.01 Å². The Morgan fingerprint density at radius 3 is 2.30 bits per heavy atom. The maximum Gasteiger partial charge on any atom is 0.336 e. The molecule has 0 fully saturated rings. The van der Waals surface area contributed by atoms with Gasteiger partial charge in [-0.1, -0.05) is 17.7 Å². The minimum atomic E-state index is -3.73. The van der Waals surface area contributed by atoms with Crippen LogP contribution in [0.1, 0.15) is 16.7 Å². The maximum atomic E-state index is 12.4. The standard InChI is InChI=1S/C12H16N4O3S/c1-7-5-8(2)10(9(3)6-7)20(17,18)16-11-13-12(19-4)15-14-11/h5-6H,1-4H3,(H2,13,14,15,16). The van der Waals surface area contributed by atoms with Gasteiger partial charge in [0.1, 0.15) is 0 Å². The molecule has 108 valence electrons. The summed E-state index contributed by atoms with van der Waals surface area (Å²) < 4.78 is 32.0. The van der Waals surface area contributed by atoms with Gasteiger partial charge in [0, 0.05) is 0 Å². The molecule has 2 rings (SSSR count). The Labute approximate surface area is 117 Å². The lowest BCUT2D eigenvalue weighted by atomic mass is 10.1. The highest BCUT2D eigenvalue weighted by atomic mass is 32.2. The van der Waals surface area contributed by atoms with Gasteiger partial charge in [0.15, 0.2) is 0 Å². The Morgan fingerprint density at radius 2 is 1.80 bits per heavy atom. The molecule has 0 aliphatic heterocycles. The first-order chi connectivity index (χ1) is 9.33. The molecular formula is C12H16N4O3S. The van der Waals surface area contributed by atoms with Crippen LogP contribution in [0, 0.1) is 20.8 Å². The van der Waals surface area contributed by atoms with E-state index >= 15 is 0 Å². The van der Waals surface area contributed by atoms with Crippen LogP contribution in [0.3, 0.4) is 0 Å². The molecule has 0 radical (unpaired) electrons. The minimum Gasteiger partial charge on any atom is -0.466 e. The van der Waals surface area contributed by atoms with Crippen molar-refractivity contribution in [3.63, 3.8) is 0 Å². The van der Waals surface area contributed by atoms with Gasteiger partial charge < -0.3 is 4.74 Å². The summed E-state index contributed by atoms with van der Waals surface area (Å²) in [7, 11) is -2.33. The van der Waals surface area contributed by atoms with Gasteiger partial charge in [0.25, 0.3) is 10.0 Å². The van der Waals surface area contributed by atoms with Gasteiger partial charge >= 0.3 is 6.01 Å². The van der Waals surface area contributed by atoms with Crippen LogP contribution >= 0.6 is 0 Å². The fraction of sp³-hybridized carbons (Fsp3) is 0.333. The SMILES string of the molecule is COc1n[nH]c(NS(=O)(=O)c2c(C)cc(C)cc2C)n1. The third-order valence-corrected chi connectivity index (χ3v) is 4.40. The highest BCUT2D eigenvalue weighted by Crippen LogP contribution is 2.23. The van der Waals surface area contributed by atoms with Crippen molar-refractivity contribution in [2.24, 2.45) is 0 Å². The van der Waals surface area contributed by atoms with Crippen LogP contribution in [0.15, 0.2) is 17.0 Å². The van der Waals surface area contributed by atoms with Crippen molar-refractivity contribution >= 4 is 16.0 Å². The lowest BCUT2D eigenvalue weighted by Gasteiger charge is -2.12. The lowest BCUT2D eigenvalue weighted by molar-refractivity contribution is 0.382. The van der Waals surface area contributed by atoms with Crippen LogP contribution in [0.4, 0.5) is 5.95 Å². The number of nitrogens with one attached hydrogen (secondary N) is 2. The Hall–Kier alpha value is -2.09. The average Bonchev–Trinajstić information content (AvgIpc) is 2.73. The molecular weight excluding hydrogens is 280 g/mol. The molecule has 0 amide bonds. The summed E-state index contributed by atoms with van der Waals surface area (Å²) in [5.41, 5.74) is 2.38. The number of ether oxygens (including phenoxy) is 1. The quantitative estimate of drug-likeness (QED) is 0.892. The van der Waals surface area contributed by atoms with Crippen LogP contribution in [0.5, 0.6) is 6.01 Å². The summed E-state index contributed by atoms with van der Waals surface area (Å²) in [4.78, 5) is 4.09. The minimum absolute atomic E-state index is 0.0150. The van der Waals surface area contributed by atoms with E-state index < -0.39 is 10.0 Å². The van der Waals surface area contributed by atoms with E-state index in [9.17, 15) is 8.42 Å². The normalized spacial score (nSPS) is 11.4. The fourth-order valence-corrected chi connectivity index (χ4v) is 3.57. The molecule has 0 unspecified atom stereocenters. The number of H-pyrrole nitrogens is 1. The van der Waals surface area contributed by atoms with Crippen LogP contribution in [0.2, 0.25) is 0 Å².